The van der Waals surface area contributed by atoms with Gasteiger partial charge in [0.05, 0.1) is 0 Å². The molecule has 0 atom stereocenters. The lowest BCUT2D eigenvalue weighted by Gasteiger charge is -2.01. The van der Waals surface area contributed by atoms with Crippen molar-refractivity contribution in [1.82, 2.24) is 4.98 Å². The van der Waals surface area contributed by atoms with E-state index in [4.69, 9.17) is 5.11 Å². The van der Waals surface area contributed by atoms with Crippen LogP contribution in [0.5, 0.6) is 0 Å². The average molecular weight is 223 g/mol. The van der Waals surface area contributed by atoms with E-state index in [-0.39, 0.29) is 5.69 Å². The highest BCUT2D eigenvalue weighted by Gasteiger charge is 2.20. The number of carboxylic acids is 1. The second-order valence-corrected chi connectivity index (χ2v) is 4.93. The molecule has 1 heterocycles. The maximum atomic E-state index is 10.7. The van der Waals surface area contributed by atoms with Crippen molar-refractivity contribution in [2.24, 2.45) is 5.92 Å². The van der Waals surface area contributed by atoms with E-state index in [0.29, 0.717) is 0 Å². The van der Waals surface area contributed by atoms with Gasteiger partial charge in [-0.25, -0.2) is 9.78 Å². The molecule has 3 nitrogen and oxygen atoms in total. The van der Waals surface area contributed by atoms with Gasteiger partial charge in [0, 0.05) is 11.1 Å². The van der Waals surface area contributed by atoms with E-state index in [1.165, 1.54) is 19.3 Å². The molecule has 1 saturated carbocycles. The van der Waals surface area contributed by atoms with Crippen molar-refractivity contribution in [3.63, 3.8) is 0 Å². The van der Waals surface area contributed by atoms with Crippen LogP contribution in [-0.4, -0.2) is 21.8 Å². The van der Waals surface area contributed by atoms with Crippen LogP contribution in [0.4, 0.5) is 0 Å². The van der Waals surface area contributed by atoms with Crippen molar-refractivity contribution in [2.75, 3.05) is 5.75 Å². The predicted octanol–water partition coefficient (Wildman–Crippen LogP) is 2.67. The first-order valence-electron chi connectivity index (χ1n) is 5.08. The third kappa shape index (κ3) is 3.23. The molecule has 1 aliphatic rings. The van der Waals surface area contributed by atoms with E-state index in [2.05, 4.69) is 4.98 Å². The van der Waals surface area contributed by atoms with Gasteiger partial charge >= 0.3 is 5.97 Å². The van der Waals surface area contributed by atoms with Gasteiger partial charge in [0.15, 0.2) is 0 Å². The van der Waals surface area contributed by atoms with E-state index in [0.717, 1.165) is 16.6 Å². The fourth-order valence-corrected chi connectivity index (χ4v) is 2.41. The zero-order valence-electron chi connectivity index (χ0n) is 8.35. The van der Waals surface area contributed by atoms with E-state index in [9.17, 15) is 4.79 Å². The van der Waals surface area contributed by atoms with E-state index >= 15 is 0 Å². The fraction of sp³-hybridized carbons (Fsp3) is 0.455. The molecule has 1 N–H and O–H groups in total. The molecule has 1 aromatic rings. The Morgan fingerprint density at radius 2 is 2.40 bits per heavy atom. The number of carbonyl (C=O) groups is 1. The van der Waals surface area contributed by atoms with E-state index < -0.39 is 5.97 Å². The number of nitrogens with zero attached hydrogens (tertiary/aromatic N) is 1. The molecule has 1 fully saturated rings. The monoisotopic (exact) mass is 223 g/mol. The van der Waals surface area contributed by atoms with Crippen LogP contribution in [-0.2, 0) is 0 Å². The molecule has 1 aliphatic carbocycles. The van der Waals surface area contributed by atoms with Crippen LogP contribution in [0, 0.1) is 5.92 Å². The minimum Gasteiger partial charge on any atom is -0.477 e. The first-order valence-corrected chi connectivity index (χ1v) is 6.06. The quantitative estimate of drug-likeness (QED) is 0.780. The summed E-state index contributed by atoms with van der Waals surface area (Å²) in [6, 6.07) is 3.50. The lowest BCUT2D eigenvalue weighted by atomic mass is 10.3. The summed E-state index contributed by atoms with van der Waals surface area (Å²) in [5.41, 5.74) is 0.131. The van der Waals surface area contributed by atoms with Crippen molar-refractivity contribution < 1.29 is 9.90 Å². The summed E-state index contributed by atoms with van der Waals surface area (Å²) < 4.78 is 0. The van der Waals surface area contributed by atoms with Gasteiger partial charge in [-0.05, 0) is 30.2 Å². The molecule has 1 aromatic heterocycles. The normalized spacial score (nSPS) is 15.2. The molecule has 15 heavy (non-hydrogen) atoms. The van der Waals surface area contributed by atoms with Gasteiger partial charge in [-0.15, -0.1) is 11.8 Å². The van der Waals surface area contributed by atoms with Crippen molar-refractivity contribution in [3.8, 4) is 0 Å². The summed E-state index contributed by atoms with van der Waals surface area (Å²) in [4.78, 5) is 15.5. The van der Waals surface area contributed by atoms with Gasteiger partial charge in [0.25, 0.3) is 0 Å². The summed E-state index contributed by atoms with van der Waals surface area (Å²) in [6.45, 7) is 0. The lowest BCUT2D eigenvalue weighted by Crippen LogP contribution is -1.99. The molecule has 0 unspecified atom stereocenters. The Morgan fingerprint density at radius 1 is 1.60 bits per heavy atom. The van der Waals surface area contributed by atoms with Gasteiger partial charge in [-0.2, -0.15) is 0 Å². The van der Waals surface area contributed by atoms with Crippen LogP contribution >= 0.6 is 11.8 Å². The number of hydrogen-bond donors (Lipinski definition) is 1. The molecule has 0 spiro atoms. The Hall–Kier alpha value is -1.03. The van der Waals surface area contributed by atoms with Gasteiger partial charge in [0.2, 0.25) is 0 Å². The van der Waals surface area contributed by atoms with Crippen molar-refractivity contribution in [3.05, 3.63) is 24.0 Å². The van der Waals surface area contributed by atoms with Crippen molar-refractivity contribution in [1.29, 1.82) is 0 Å². The number of rotatable bonds is 5. The SMILES string of the molecule is O=C(O)c1cc(SCCC2CC2)ccn1. The smallest absolute Gasteiger partial charge is 0.354 e. The Morgan fingerprint density at radius 3 is 3.07 bits per heavy atom. The minimum absolute atomic E-state index is 0.131. The van der Waals surface area contributed by atoms with Gasteiger partial charge in [-0.3, -0.25) is 0 Å². The van der Waals surface area contributed by atoms with Crippen molar-refractivity contribution >= 4 is 17.7 Å². The lowest BCUT2D eigenvalue weighted by molar-refractivity contribution is 0.0690. The fourth-order valence-electron chi connectivity index (χ4n) is 1.37. The summed E-state index contributed by atoms with van der Waals surface area (Å²) in [5.74, 6) is 1.05. The summed E-state index contributed by atoms with van der Waals surface area (Å²) in [6.07, 6.45) is 5.55. The number of hydrogen-bond acceptors (Lipinski definition) is 3. The first-order chi connectivity index (χ1) is 7.25. The van der Waals surface area contributed by atoms with Crippen LogP contribution in [0.25, 0.3) is 0 Å². The van der Waals surface area contributed by atoms with Crippen LogP contribution < -0.4 is 0 Å². The highest BCUT2D eigenvalue weighted by molar-refractivity contribution is 7.99. The van der Waals surface area contributed by atoms with Crippen LogP contribution in [0.2, 0.25) is 0 Å². The van der Waals surface area contributed by atoms with E-state index in [1.807, 2.05) is 6.07 Å². The number of aromatic carboxylic acids is 1. The minimum atomic E-state index is -0.959. The Balaban J connectivity index is 1.88. The predicted molar refractivity (Wildman–Crippen MR) is 59.3 cm³/mol. The molecule has 4 heteroatoms. The zero-order chi connectivity index (χ0) is 10.7. The van der Waals surface area contributed by atoms with Gasteiger partial charge in [0.1, 0.15) is 5.69 Å². The Kier molecular flexibility index (Phi) is 3.26. The molecule has 0 amide bonds. The molecule has 0 aromatic carbocycles. The van der Waals surface area contributed by atoms with E-state index in [1.54, 1.807) is 24.0 Å². The largest absolute Gasteiger partial charge is 0.477 e. The molecule has 0 aliphatic heterocycles. The van der Waals surface area contributed by atoms with Crippen LogP contribution in [0.15, 0.2) is 23.2 Å². The Labute approximate surface area is 92.9 Å². The average Bonchev–Trinajstić information content (AvgIpc) is 3.02. The second-order valence-electron chi connectivity index (χ2n) is 3.76. The highest BCUT2D eigenvalue weighted by atomic mass is 32.2. The highest BCUT2D eigenvalue weighted by Crippen LogP contribution is 2.34. The first kappa shape index (κ1) is 10.5. The summed E-state index contributed by atoms with van der Waals surface area (Å²) >= 11 is 1.72. The molecule has 80 valence electrons. The zero-order valence-corrected chi connectivity index (χ0v) is 9.17. The molecular weight excluding hydrogens is 210 g/mol. The molecule has 2 rings (SSSR count). The second kappa shape index (κ2) is 4.66. The summed E-state index contributed by atoms with van der Waals surface area (Å²) in [7, 11) is 0. The maximum Gasteiger partial charge on any atom is 0.354 e. The topological polar surface area (TPSA) is 50.2 Å². The Bertz CT molecular complexity index is 363. The number of carboxylic acid groups (broad SMARTS) is 1. The van der Waals surface area contributed by atoms with Crippen LogP contribution in [0.3, 0.4) is 0 Å². The standard InChI is InChI=1S/C11H13NO2S/c13-11(14)10-7-9(3-5-12-10)15-6-4-8-1-2-8/h3,5,7-8H,1-2,4,6H2,(H,13,14). The molecule has 0 radical (unpaired) electrons. The van der Waals surface area contributed by atoms with Crippen molar-refractivity contribution in [2.45, 2.75) is 24.2 Å². The van der Waals surface area contributed by atoms with Gasteiger partial charge in [-0.1, -0.05) is 12.8 Å². The number of thioether (sulfide) groups is 1. The van der Waals surface area contributed by atoms with Crippen LogP contribution in [0.1, 0.15) is 29.8 Å². The van der Waals surface area contributed by atoms with Gasteiger partial charge < -0.3 is 5.11 Å². The molecular formula is C11H13NO2S. The number of aromatic nitrogens is 1. The summed E-state index contributed by atoms with van der Waals surface area (Å²) in [5, 5.41) is 8.76. The molecule has 0 saturated heterocycles. The maximum absolute atomic E-state index is 10.7. The molecule has 0 bridgehead atoms. The third-order valence-electron chi connectivity index (χ3n) is 2.44. The number of pyridine rings is 1. The third-order valence-corrected chi connectivity index (χ3v) is 3.47.